The Morgan fingerprint density at radius 2 is 1.72 bits per heavy atom. The number of hydrogen-bond donors (Lipinski definition) is 2. The number of halogens is 3. The van der Waals surface area contributed by atoms with Gasteiger partial charge in [0.2, 0.25) is 5.91 Å². The predicted octanol–water partition coefficient (Wildman–Crippen LogP) is 3.29. The van der Waals surface area contributed by atoms with Crippen LogP contribution in [0.1, 0.15) is 47.3 Å². The first-order chi connectivity index (χ1) is 17.1. The molecule has 1 saturated heterocycles. The van der Waals surface area contributed by atoms with Crippen LogP contribution < -0.4 is 15.6 Å². The van der Waals surface area contributed by atoms with E-state index >= 15 is 0 Å². The molecule has 0 spiro atoms. The maximum Gasteiger partial charge on any atom is 0.472 e. The third-order valence-electron chi connectivity index (χ3n) is 6.55. The number of carbonyl (C=O) groups excluding carboxylic acids is 3. The van der Waals surface area contributed by atoms with Crippen LogP contribution in [0.15, 0.2) is 48.5 Å². The van der Waals surface area contributed by atoms with Crippen molar-refractivity contribution in [3.63, 3.8) is 0 Å². The molecule has 36 heavy (non-hydrogen) atoms. The second-order valence-corrected chi connectivity index (χ2v) is 9.07. The number of hydrazine groups is 1. The zero-order valence-corrected chi connectivity index (χ0v) is 19.6. The zero-order valence-electron chi connectivity index (χ0n) is 19.6. The highest BCUT2D eigenvalue weighted by molar-refractivity contribution is 5.96. The van der Waals surface area contributed by atoms with E-state index in [-0.39, 0.29) is 24.6 Å². The summed E-state index contributed by atoms with van der Waals surface area (Å²) < 4.78 is 48.7. The maximum atomic E-state index is 13.8. The molecule has 3 amide bonds. The van der Waals surface area contributed by atoms with Crippen LogP contribution in [0.4, 0.5) is 13.2 Å². The van der Waals surface area contributed by atoms with Gasteiger partial charge in [0.1, 0.15) is 12.4 Å². The Labute approximate surface area is 205 Å². The van der Waals surface area contributed by atoms with Crippen molar-refractivity contribution in [1.82, 2.24) is 15.8 Å². The number of fused-ring (bicyclic) bond motifs is 1. The summed E-state index contributed by atoms with van der Waals surface area (Å²) >= 11 is 0. The van der Waals surface area contributed by atoms with E-state index in [0.29, 0.717) is 37.4 Å². The van der Waals surface area contributed by atoms with E-state index in [9.17, 15) is 27.6 Å². The average molecular weight is 505 g/mol. The summed E-state index contributed by atoms with van der Waals surface area (Å²) in [5, 5.41) is 0. The Kier molecular flexibility index (Phi) is 7.21. The summed E-state index contributed by atoms with van der Waals surface area (Å²) in [5.74, 6) is -2.92. The smallest absolute Gasteiger partial charge is 0.472 e. The molecule has 4 rings (SSSR count). The molecule has 2 aliphatic heterocycles. The maximum absolute atomic E-state index is 13.8. The lowest BCUT2D eigenvalue weighted by molar-refractivity contribution is -0.174. The second-order valence-electron chi connectivity index (χ2n) is 9.07. The molecule has 0 aliphatic carbocycles. The summed E-state index contributed by atoms with van der Waals surface area (Å²) in [7, 11) is 0. The number of ether oxygens (including phenoxy) is 2. The van der Waals surface area contributed by atoms with E-state index < -0.39 is 29.4 Å². The SMILES string of the molecule is CC1(C(=O)N2Cc3ccc(C(=O)NNC(=O)C(F)(F)F)cc3OCC2c2ccccc2)CCOCC1. The van der Waals surface area contributed by atoms with Crippen LogP contribution in [0, 0.1) is 5.41 Å². The molecule has 11 heteroatoms. The number of nitrogens with one attached hydrogen (secondary N) is 2. The van der Waals surface area contributed by atoms with Gasteiger partial charge < -0.3 is 14.4 Å². The predicted molar refractivity (Wildman–Crippen MR) is 121 cm³/mol. The van der Waals surface area contributed by atoms with Crippen molar-refractivity contribution in [2.45, 2.75) is 38.5 Å². The molecule has 2 aromatic rings. The van der Waals surface area contributed by atoms with Crippen LogP contribution in [0.3, 0.4) is 0 Å². The van der Waals surface area contributed by atoms with Crippen molar-refractivity contribution in [2.24, 2.45) is 5.41 Å². The van der Waals surface area contributed by atoms with E-state index in [1.807, 2.05) is 37.3 Å². The first-order valence-electron chi connectivity index (χ1n) is 11.5. The van der Waals surface area contributed by atoms with E-state index in [4.69, 9.17) is 9.47 Å². The van der Waals surface area contributed by atoms with Crippen LogP contribution in [-0.4, -0.2) is 48.6 Å². The molecular weight excluding hydrogens is 479 g/mol. The number of benzene rings is 2. The van der Waals surface area contributed by atoms with E-state index in [1.54, 1.807) is 16.4 Å². The number of nitrogens with zero attached hydrogens (tertiary/aromatic N) is 1. The van der Waals surface area contributed by atoms with Gasteiger partial charge in [0.15, 0.2) is 0 Å². The summed E-state index contributed by atoms with van der Waals surface area (Å²) in [6, 6.07) is 13.5. The summed E-state index contributed by atoms with van der Waals surface area (Å²) in [5.41, 5.74) is 4.02. The average Bonchev–Trinajstić information content (AvgIpc) is 3.06. The van der Waals surface area contributed by atoms with Crippen molar-refractivity contribution < 1.29 is 37.0 Å². The van der Waals surface area contributed by atoms with E-state index in [0.717, 1.165) is 5.56 Å². The summed E-state index contributed by atoms with van der Waals surface area (Å²) in [6.07, 6.45) is -3.94. The molecule has 0 aromatic heterocycles. The summed E-state index contributed by atoms with van der Waals surface area (Å²) in [6.45, 7) is 3.28. The minimum absolute atomic E-state index is 0.0105. The molecule has 1 unspecified atom stereocenters. The monoisotopic (exact) mass is 505 g/mol. The quantitative estimate of drug-likeness (QED) is 0.625. The van der Waals surface area contributed by atoms with Crippen molar-refractivity contribution in [3.8, 4) is 5.75 Å². The molecule has 0 bridgehead atoms. The Bertz CT molecular complexity index is 1130. The number of rotatable bonds is 3. The third kappa shape index (κ3) is 5.46. The van der Waals surface area contributed by atoms with Gasteiger partial charge in [-0.2, -0.15) is 13.2 Å². The number of hydrogen-bond acceptors (Lipinski definition) is 5. The minimum atomic E-state index is -5.13. The van der Waals surface area contributed by atoms with Crippen molar-refractivity contribution >= 4 is 17.7 Å². The molecule has 2 N–H and O–H groups in total. The van der Waals surface area contributed by atoms with Crippen LogP contribution >= 0.6 is 0 Å². The molecular formula is C25H26F3N3O5. The Morgan fingerprint density at radius 3 is 2.39 bits per heavy atom. The number of amides is 3. The molecule has 1 fully saturated rings. The highest BCUT2D eigenvalue weighted by Crippen LogP contribution is 2.39. The van der Waals surface area contributed by atoms with Crippen molar-refractivity contribution in [3.05, 3.63) is 65.2 Å². The van der Waals surface area contributed by atoms with Crippen LogP contribution in [-0.2, 0) is 20.9 Å². The first kappa shape index (κ1) is 25.5. The van der Waals surface area contributed by atoms with Crippen LogP contribution in [0.2, 0.25) is 0 Å². The molecule has 0 radical (unpaired) electrons. The minimum Gasteiger partial charge on any atom is -0.491 e. The topological polar surface area (TPSA) is 97.0 Å². The Hall–Kier alpha value is -3.60. The van der Waals surface area contributed by atoms with Gasteiger partial charge in [0, 0.05) is 24.3 Å². The van der Waals surface area contributed by atoms with Gasteiger partial charge in [0.25, 0.3) is 5.91 Å². The first-order valence-corrected chi connectivity index (χ1v) is 11.5. The standard InChI is InChI=1S/C25H26F3N3O5/c1-24(9-11-35-12-10-24)23(34)31-14-18-8-7-17(21(32)29-30-22(33)25(26,27)28)13-20(18)36-15-19(31)16-5-3-2-4-6-16/h2-8,13,19H,9-12,14-15H2,1H3,(H,29,32)(H,30,33). The van der Waals surface area contributed by atoms with Crippen molar-refractivity contribution in [1.29, 1.82) is 0 Å². The number of carbonyl (C=O) groups is 3. The lowest BCUT2D eigenvalue weighted by Crippen LogP contribution is -2.47. The molecule has 192 valence electrons. The fourth-order valence-corrected chi connectivity index (χ4v) is 4.32. The number of alkyl halides is 3. The Morgan fingerprint density at radius 1 is 1.03 bits per heavy atom. The van der Waals surface area contributed by atoms with Gasteiger partial charge in [-0.3, -0.25) is 25.2 Å². The summed E-state index contributed by atoms with van der Waals surface area (Å²) in [4.78, 5) is 38.9. The molecule has 2 aromatic carbocycles. The third-order valence-corrected chi connectivity index (χ3v) is 6.55. The molecule has 8 nitrogen and oxygen atoms in total. The van der Waals surface area contributed by atoms with Gasteiger partial charge >= 0.3 is 12.1 Å². The lowest BCUT2D eigenvalue weighted by atomic mass is 9.80. The van der Waals surface area contributed by atoms with Crippen LogP contribution in [0.5, 0.6) is 5.75 Å². The fourth-order valence-electron chi connectivity index (χ4n) is 4.32. The van der Waals surface area contributed by atoms with Gasteiger partial charge in [0.05, 0.1) is 18.0 Å². The van der Waals surface area contributed by atoms with Gasteiger partial charge in [-0.05, 0) is 30.5 Å². The molecule has 0 saturated carbocycles. The molecule has 1 atom stereocenters. The highest BCUT2D eigenvalue weighted by atomic mass is 19.4. The molecule has 2 aliphatic rings. The second kappa shape index (κ2) is 10.2. The van der Waals surface area contributed by atoms with Crippen molar-refractivity contribution in [2.75, 3.05) is 19.8 Å². The Balaban J connectivity index is 1.59. The highest BCUT2D eigenvalue weighted by Gasteiger charge is 2.42. The largest absolute Gasteiger partial charge is 0.491 e. The zero-order chi connectivity index (χ0) is 25.9. The molecule has 2 heterocycles. The van der Waals surface area contributed by atoms with E-state index in [1.165, 1.54) is 17.6 Å². The van der Waals surface area contributed by atoms with E-state index in [2.05, 4.69) is 0 Å². The lowest BCUT2D eigenvalue weighted by Gasteiger charge is -2.39. The normalized spacial score (nSPS) is 19.3. The van der Waals surface area contributed by atoms with Crippen LogP contribution in [0.25, 0.3) is 0 Å². The fraction of sp³-hybridized carbons (Fsp3) is 0.400. The van der Waals surface area contributed by atoms with Gasteiger partial charge in [-0.15, -0.1) is 0 Å². The van der Waals surface area contributed by atoms with Gasteiger partial charge in [-0.1, -0.05) is 43.3 Å². The van der Waals surface area contributed by atoms with Gasteiger partial charge in [-0.25, -0.2) is 0 Å².